The summed E-state index contributed by atoms with van der Waals surface area (Å²) in [4.78, 5) is 2.44. The molecule has 0 N–H and O–H groups in total. The van der Waals surface area contributed by atoms with Gasteiger partial charge < -0.3 is 4.90 Å². The van der Waals surface area contributed by atoms with Crippen LogP contribution in [0.2, 0.25) is 0 Å². The average molecular weight is 341 g/mol. The number of benzene rings is 3. The smallest absolute Gasteiger partial charge is 0.0413 e. The summed E-state index contributed by atoms with van der Waals surface area (Å²) in [6.07, 6.45) is 6.68. The van der Waals surface area contributed by atoms with Gasteiger partial charge in [-0.3, -0.25) is 0 Å². The van der Waals surface area contributed by atoms with Crippen molar-refractivity contribution in [3.05, 3.63) is 96.1 Å². The molecule has 0 aliphatic heterocycles. The largest absolute Gasteiger partial charge is 0.339 e. The molecule has 0 amide bonds. The minimum Gasteiger partial charge on any atom is -0.339 e. The van der Waals surface area contributed by atoms with Crippen LogP contribution in [0.25, 0.3) is 12.2 Å². The molecule has 3 aromatic carbocycles. The fraction of sp³-hybridized carbons (Fsp3) is 0.200. The highest BCUT2D eigenvalue weighted by atomic mass is 15.2. The van der Waals surface area contributed by atoms with Gasteiger partial charge in [0.1, 0.15) is 0 Å². The fourth-order valence-corrected chi connectivity index (χ4v) is 3.30. The van der Waals surface area contributed by atoms with Crippen LogP contribution < -0.4 is 4.90 Å². The summed E-state index contributed by atoms with van der Waals surface area (Å²) in [6.45, 7) is 4.55. The summed E-state index contributed by atoms with van der Waals surface area (Å²) in [5, 5.41) is 0. The molecule has 0 fully saturated rings. The van der Waals surface area contributed by atoms with Gasteiger partial charge in [-0.25, -0.2) is 0 Å². The number of nitrogens with zero attached hydrogens (tertiary/aromatic N) is 1. The molecule has 1 heteroatoms. The Hall–Kier alpha value is -2.80. The van der Waals surface area contributed by atoms with E-state index in [1.165, 1.54) is 35.3 Å². The van der Waals surface area contributed by atoms with Crippen LogP contribution in [0.15, 0.2) is 84.9 Å². The van der Waals surface area contributed by atoms with Gasteiger partial charge in [-0.05, 0) is 48.7 Å². The monoisotopic (exact) mass is 341 g/mol. The Labute approximate surface area is 157 Å². The molecule has 1 nitrogen and oxygen atoms in total. The van der Waals surface area contributed by atoms with Gasteiger partial charge in [-0.1, -0.05) is 86.2 Å². The molecule has 132 valence electrons. The van der Waals surface area contributed by atoms with E-state index in [0.717, 1.165) is 0 Å². The van der Waals surface area contributed by atoms with Crippen molar-refractivity contribution >= 4 is 23.5 Å². The van der Waals surface area contributed by atoms with Gasteiger partial charge >= 0.3 is 0 Å². The third-order valence-electron chi connectivity index (χ3n) is 4.62. The van der Waals surface area contributed by atoms with Crippen LogP contribution >= 0.6 is 0 Å². The Morgan fingerprint density at radius 3 is 1.77 bits per heavy atom. The maximum atomic E-state index is 2.44. The second-order valence-electron chi connectivity index (χ2n) is 6.68. The molecule has 3 rings (SSSR count). The van der Waals surface area contributed by atoms with E-state index >= 15 is 0 Å². The van der Waals surface area contributed by atoms with Crippen LogP contribution in [-0.4, -0.2) is 6.04 Å². The van der Waals surface area contributed by atoms with Gasteiger partial charge in [-0.2, -0.15) is 0 Å². The van der Waals surface area contributed by atoms with Crippen molar-refractivity contribution in [1.29, 1.82) is 0 Å². The minimum atomic E-state index is 0.466. The molecule has 26 heavy (non-hydrogen) atoms. The first kappa shape index (κ1) is 18.0. The van der Waals surface area contributed by atoms with Gasteiger partial charge in [0, 0.05) is 17.4 Å². The highest BCUT2D eigenvalue weighted by Gasteiger charge is 2.15. The highest BCUT2D eigenvalue weighted by molar-refractivity contribution is 5.72. The van der Waals surface area contributed by atoms with Crippen molar-refractivity contribution in [2.75, 3.05) is 4.90 Å². The van der Waals surface area contributed by atoms with E-state index in [4.69, 9.17) is 0 Å². The summed E-state index contributed by atoms with van der Waals surface area (Å²) < 4.78 is 0. The normalized spacial score (nSPS) is 12.2. The Balaban J connectivity index is 1.83. The molecule has 0 aromatic heterocycles. The third-order valence-corrected chi connectivity index (χ3v) is 4.62. The summed E-state index contributed by atoms with van der Waals surface area (Å²) in [7, 11) is 0. The van der Waals surface area contributed by atoms with Gasteiger partial charge in [0.2, 0.25) is 0 Å². The molecule has 0 spiro atoms. The van der Waals surface area contributed by atoms with E-state index in [-0.39, 0.29) is 0 Å². The summed E-state index contributed by atoms with van der Waals surface area (Å²) in [6, 6.07) is 30.4. The Bertz CT molecular complexity index is 804. The van der Waals surface area contributed by atoms with Crippen LogP contribution in [0.1, 0.15) is 37.8 Å². The molecular formula is C25H27N. The first-order valence-corrected chi connectivity index (χ1v) is 9.45. The van der Waals surface area contributed by atoms with Crippen molar-refractivity contribution < 1.29 is 0 Å². The molecule has 1 atom stereocenters. The van der Waals surface area contributed by atoms with Crippen LogP contribution in [0.4, 0.5) is 11.4 Å². The lowest BCUT2D eigenvalue weighted by Gasteiger charge is -2.31. The zero-order valence-electron chi connectivity index (χ0n) is 15.7. The third kappa shape index (κ3) is 4.64. The second-order valence-corrected chi connectivity index (χ2v) is 6.68. The van der Waals surface area contributed by atoms with Crippen molar-refractivity contribution in [1.82, 2.24) is 0 Å². The van der Waals surface area contributed by atoms with E-state index in [1.807, 2.05) is 6.07 Å². The first-order valence-electron chi connectivity index (χ1n) is 9.45. The molecular weight excluding hydrogens is 314 g/mol. The van der Waals surface area contributed by atoms with Gasteiger partial charge in [0.15, 0.2) is 0 Å². The van der Waals surface area contributed by atoms with Gasteiger partial charge in [0.05, 0.1) is 0 Å². The Morgan fingerprint density at radius 1 is 0.692 bits per heavy atom. The molecule has 0 aliphatic carbocycles. The lowest BCUT2D eigenvalue weighted by atomic mass is 10.1. The highest BCUT2D eigenvalue weighted by Crippen LogP contribution is 2.29. The van der Waals surface area contributed by atoms with Gasteiger partial charge in [0.25, 0.3) is 0 Å². The molecule has 0 heterocycles. The second kappa shape index (κ2) is 9.05. The van der Waals surface area contributed by atoms with Crippen LogP contribution in [0, 0.1) is 0 Å². The number of hydrogen-bond acceptors (Lipinski definition) is 1. The van der Waals surface area contributed by atoms with Crippen LogP contribution in [0.5, 0.6) is 0 Å². The van der Waals surface area contributed by atoms with Crippen LogP contribution in [0.3, 0.4) is 0 Å². The van der Waals surface area contributed by atoms with E-state index in [2.05, 4.69) is 110 Å². The fourth-order valence-electron chi connectivity index (χ4n) is 3.30. The first-order chi connectivity index (χ1) is 12.8. The predicted molar refractivity (Wildman–Crippen MR) is 115 cm³/mol. The van der Waals surface area contributed by atoms with E-state index in [1.54, 1.807) is 0 Å². The lowest BCUT2D eigenvalue weighted by Crippen LogP contribution is -2.28. The zero-order valence-corrected chi connectivity index (χ0v) is 15.7. The molecule has 0 saturated carbocycles. The standard InChI is InChI=1S/C25H27N/c1-3-10-21(2)26(24-13-8-5-9-14-24)25-19-17-23(18-20-25)16-15-22-11-6-4-7-12-22/h4-9,11-21H,3,10H2,1-2H3/b16-15+. The lowest BCUT2D eigenvalue weighted by molar-refractivity contribution is 0.634. The zero-order chi connectivity index (χ0) is 18.2. The van der Waals surface area contributed by atoms with Crippen molar-refractivity contribution in [2.24, 2.45) is 0 Å². The molecule has 0 saturated heterocycles. The predicted octanol–water partition coefficient (Wildman–Crippen LogP) is 7.18. The molecule has 0 aliphatic rings. The van der Waals surface area contributed by atoms with E-state index in [0.29, 0.717) is 6.04 Å². The topological polar surface area (TPSA) is 3.24 Å². The Kier molecular flexibility index (Phi) is 6.27. The maximum absolute atomic E-state index is 2.44. The van der Waals surface area contributed by atoms with Crippen molar-refractivity contribution in [3.63, 3.8) is 0 Å². The van der Waals surface area contributed by atoms with Crippen LogP contribution in [-0.2, 0) is 0 Å². The average Bonchev–Trinajstić information content (AvgIpc) is 2.69. The summed E-state index contributed by atoms with van der Waals surface area (Å²) in [5.74, 6) is 0. The molecule has 3 aromatic rings. The van der Waals surface area contributed by atoms with E-state index in [9.17, 15) is 0 Å². The molecule has 0 bridgehead atoms. The minimum absolute atomic E-state index is 0.466. The van der Waals surface area contributed by atoms with Crippen molar-refractivity contribution in [3.8, 4) is 0 Å². The SMILES string of the molecule is CCCC(C)N(c1ccccc1)c1ccc(/C=C/c2ccccc2)cc1. The van der Waals surface area contributed by atoms with E-state index < -0.39 is 0 Å². The number of hydrogen-bond donors (Lipinski definition) is 0. The Morgan fingerprint density at radius 2 is 1.19 bits per heavy atom. The number of anilines is 2. The molecule has 0 radical (unpaired) electrons. The quantitative estimate of drug-likeness (QED) is 0.411. The van der Waals surface area contributed by atoms with Gasteiger partial charge in [-0.15, -0.1) is 0 Å². The maximum Gasteiger partial charge on any atom is 0.0413 e. The molecule has 1 unspecified atom stereocenters. The summed E-state index contributed by atoms with van der Waals surface area (Å²) in [5.41, 5.74) is 4.93. The number of para-hydroxylation sites is 1. The summed E-state index contributed by atoms with van der Waals surface area (Å²) >= 11 is 0. The van der Waals surface area contributed by atoms with Crippen molar-refractivity contribution in [2.45, 2.75) is 32.7 Å². The number of rotatable bonds is 7.